The number of rotatable bonds is 6. The summed E-state index contributed by atoms with van der Waals surface area (Å²) in [4.78, 5) is 0. The van der Waals surface area contributed by atoms with Gasteiger partial charge in [-0.1, -0.05) is 32.6 Å². The first-order chi connectivity index (χ1) is 6.83. The van der Waals surface area contributed by atoms with Crippen molar-refractivity contribution in [3.63, 3.8) is 0 Å². The summed E-state index contributed by atoms with van der Waals surface area (Å²) < 4.78 is 5.73. The van der Waals surface area contributed by atoms with Crippen molar-refractivity contribution >= 4 is 22.4 Å². The van der Waals surface area contributed by atoms with Gasteiger partial charge in [0.15, 0.2) is 0 Å². The largest absolute Gasteiger partial charge is 0.415 e. The van der Waals surface area contributed by atoms with Crippen molar-refractivity contribution in [3.05, 3.63) is 0 Å². The fourth-order valence-corrected chi connectivity index (χ4v) is 3.19. The molecule has 1 fully saturated rings. The van der Waals surface area contributed by atoms with Gasteiger partial charge >= 0.3 is 0 Å². The highest BCUT2D eigenvalue weighted by molar-refractivity contribution is 7.80. The average molecular weight is 230 g/mol. The lowest BCUT2D eigenvalue weighted by atomic mass is 10.0. The molecule has 2 radical (unpaired) electrons. The molecule has 1 heterocycles. The van der Waals surface area contributed by atoms with Gasteiger partial charge in [0, 0.05) is 11.4 Å². The first-order valence-corrected chi connectivity index (χ1v) is 7.52. The molecular weight excluding hydrogens is 208 g/mol. The van der Waals surface area contributed by atoms with Gasteiger partial charge in [-0.3, -0.25) is 0 Å². The molecule has 0 spiro atoms. The molecule has 0 aromatic carbocycles. The fraction of sp³-hybridized carbons (Fsp3) is 1.00. The second-order valence-corrected chi connectivity index (χ2v) is 5.92. The van der Waals surface area contributed by atoms with Crippen LogP contribution in [0.4, 0.5) is 0 Å². The Morgan fingerprint density at radius 3 is 3.00 bits per heavy atom. The van der Waals surface area contributed by atoms with Crippen molar-refractivity contribution in [2.75, 3.05) is 0 Å². The van der Waals surface area contributed by atoms with Gasteiger partial charge in [0.25, 0.3) is 0 Å². The van der Waals surface area contributed by atoms with Crippen molar-refractivity contribution in [3.8, 4) is 0 Å². The van der Waals surface area contributed by atoms with Crippen LogP contribution in [0, 0.1) is 0 Å². The van der Waals surface area contributed by atoms with Gasteiger partial charge in [0.1, 0.15) is 0 Å². The minimum atomic E-state index is 0.520. The summed E-state index contributed by atoms with van der Waals surface area (Å²) in [5.41, 5.74) is 0. The Hall–Kier alpha value is 0.527. The van der Waals surface area contributed by atoms with E-state index >= 15 is 0 Å². The molecule has 1 aliphatic rings. The summed E-state index contributed by atoms with van der Waals surface area (Å²) >= 11 is 4.64. The van der Waals surface area contributed by atoms with Crippen LogP contribution in [0.1, 0.15) is 51.9 Å². The molecule has 2 atom stereocenters. The molecule has 0 bridgehead atoms. The van der Waals surface area contributed by atoms with Crippen LogP contribution < -0.4 is 0 Å². The lowest BCUT2D eigenvalue weighted by Gasteiger charge is -2.24. The molecule has 0 aromatic rings. The SMILES string of the molecule is CCCCCC(S)CC1CCC[Si]O1. The number of unbranched alkanes of at least 4 members (excludes halogenated alkanes) is 2. The van der Waals surface area contributed by atoms with Crippen LogP contribution in [0.2, 0.25) is 6.04 Å². The zero-order valence-corrected chi connectivity index (χ0v) is 11.1. The standard InChI is InChI=1S/C11H22OSSi/c1-2-3-4-7-11(13)9-10-6-5-8-14-12-10/h10-11,13H,2-9H2,1H3. The van der Waals surface area contributed by atoms with Crippen LogP contribution in [-0.2, 0) is 4.43 Å². The molecule has 3 heteroatoms. The molecule has 1 nitrogen and oxygen atoms in total. The summed E-state index contributed by atoms with van der Waals surface area (Å²) in [6.07, 6.45) is 9.56. The maximum atomic E-state index is 5.73. The van der Waals surface area contributed by atoms with Crippen LogP contribution in [0.3, 0.4) is 0 Å². The van der Waals surface area contributed by atoms with Crippen LogP contribution >= 0.6 is 12.6 Å². The Balaban J connectivity index is 2.03. The Morgan fingerprint density at radius 1 is 1.50 bits per heavy atom. The zero-order valence-electron chi connectivity index (χ0n) is 9.17. The summed E-state index contributed by atoms with van der Waals surface area (Å²) in [5, 5.41) is 0.564. The van der Waals surface area contributed by atoms with Crippen LogP contribution in [-0.4, -0.2) is 21.1 Å². The van der Waals surface area contributed by atoms with Crippen LogP contribution in [0.25, 0.3) is 0 Å². The summed E-state index contributed by atoms with van der Waals surface area (Å²) in [6, 6.07) is 1.28. The third kappa shape index (κ3) is 5.42. The second kappa shape index (κ2) is 7.77. The molecule has 1 aliphatic heterocycles. The first-order valence-electron chi connectivity index (χ1n) is 5.89. The summed E-state index contributed by atoms with van der Waals surface area (Å²) in [6.45, 7) is 2.25. The fourth-order valence-electron chi connectivity index (χ4n) is 1.85. The van der Waals surface area contributed by atoms with Gasteiger partial charge in [-0.25, -0.2) is 0 Å². The van der Waals surface area contributed by atoms with Crippen LogP contribution in [0.5, 0.6) is 0 Å². The number of thiol groups is 1. The highest BCUT2D eigenvalue weighted by Crippen LogP contribution is 2.21. The highest BCUT2D eigenvalue weighted by atomic mass is 32.1. The monoisotopic (exact) mass is 230 g/mol. The van der Waals surface area contributed by atoms with Gasteiger partial charge in [-0.15, -0.1) is 0 Å². The van der Waals surface area contributed by atoms with E-state index in [1.165, 1.54) is 51.0 Å². The van der Waals surface area contributed by atoms with Crippen molar-refractivity contribution in [1.29, 1.82) is 0 Å². The lowest BCUT2D eigenvalue weighted by Crippen LogP contribution is -2.24. The zero-order chi connectivity index (χ0) is 10.2. The second-order valence-electron chi connectivity index (χ2n) is 4.16. The maximum absolute atomic E-state index is 5.73. The summed E-state index contributed by atoms with van der Waals surface area (Å²) in [7, 11) is 0.750. The third-order valence-corrected chi connectivity index (χ3v) is 4.26. The minimum absolute atomic E-state index is 0.520. The Bertz CT molecular complexity index is 137. The van der Waals surface area contributed by atoms with E-state index in [2.05, 4.69) is 19.6 Å². The molecule has 82 valence electrons. The van der Waals surface area contributed by atoms with Crippen molar-refractivity contribution in [2.45, 2.75) is 69.3 Å². The lowest BCUT2D eigenvalue weighted by molar-refractivity contribution is 0.170. The number of hydrogen-bond donors (Lipinski definition) is 1. The average Bonchev–Trinajstić information content (AvgIpc) is 2.20. The van der Waals surface area contributed by atoms with Crippen molar-refractivity contribution in [1.82, 2.24) is 0 Å². The molecule has 1 saturated heterocycles. The minimum Gasteiger partial charge on any atom is -0.415 e. The smallest absolute Gasteiger partial charge is 0.230 e. The van der Waals surface area contributed by atoms with Crippen molar-refractivity contribution in [2.24, 2.45) is 0 Å². The Kier molecular flexibility index (Phi) is 6.99. The van der Waals surface area contributed by atoms with Crippen LogP contribution in [0.15, 0.2) is 0 Å². The predicted molar refractivity (Wildman–Crippen MR) is 66.2 cm³/mol. The third-order valence-electron chi connectivity index (χ3n) is 2.73. The van der Waals surface area contributed by atoms with E-state index < -0.39 is 0 Å². The van der Waals surface area contributed by atoms with E-state index in [4.69, 9.17) is 4.43 Å². The molecule has 14 heavy (non-hydrogen) atoms. The highest BCUT2D eigenvalue weighted by Gasteiger charge is 2.17. The molecule has 0 aromatic heterocycles. The molecule has 0 saturated carbocycles. The van der Waals surface area contributed by atoms with Gasteiger partial charge < -0.3 is 4.43 Å². The molecule has 0 N–H and O–H groups in total. The molecule has 0 amide bonds. The Morgan fingerprint density at radius 2 is 2.36 bits per heavy atom. The molecule has 1 rings (SSSR count). The van der Waals surface area contributed by atoms with E-state index in [9.17, 15) is 0 Å². The predicted octanol–water partition coefficient (Wildman–Crippen LogP) is 3.47. The molecule has 2 unspecified atom stereocenters. The molecule has 0 aliphatic carbocycles. The van der Waals surface area contributed by atoms with E-state index in [0.717, 1.165) is 9.76 Å². The van der Waals surface area contributed by atoms with Gasteiger partial charge in [0.05, 0.1) is 0 Å². The van der Waals surface area contributed by atoms with E-state index in [-0.39, 0.29) is 0 Å². The molecular formula is C11H22OSSi. The van der Waals surface area contributed by atoms with Gasteiger partial charge in [-0.05, 0) is 25.3 Å². The summed E-state index contributed by atoms with van der Waals surface area (Å²) in [5.74, 6) is 0. The van der Waals surface area contributed by atoms with Gasteiger partial charge in [0.2, 0.25) is 9.76 Å². The van der Waals surface area contributed by atoms with Crippen molar-refractivity contribution < 1.29 is 4.43 Å². The maximum Gasteiger partial charge on any atom is 0.230 e. The normalized spacial score (nSPS) is 24.9. The van der Waals surface area contributed by atoms with Gasteiger partial charge in [-0.2, -0.15) is 12.6 Å². The van der Waals surface area contributed by atoms with E-state index in [1.54, 1.807) is 0 Å². The topological polar surface area (TPSA) is 9.23 Å². The number of hydrogen-bond acceptors (Lipinski definition) is 2. The quantitative estimate of drug-likeness (QED) is 0.418. The van der Waals surface area contributed by atoms with E-state index in [0.29, 0.717) is 11.4 Å². The first kappa shape index (κ1) is 12.6. The Labute approximate surface area is 96.3 Å². The van der Waals surface area contributed by atoms with E-state index in [1.807, 2.05) is 0 Å².